The van der Waals surface area contributed by atoms with Crippen molar-refractivity contribution in [3.8, 4) is 0 Å². The number of hydrogen-bond donors (Lipinski definition) is 1. The lowest BCUT2D eigenvalue weighted by Crippen LogP contribution is -2.26. The summed E-state index contributed by atoms with van der Waals surface area (Å²) >= 11 is 0. The monoisotopic (exact) mass is 275 g/mol. The van der Waals surface area contributed by atoms with Crippen LogP contribution in [0.4, 0.5) is 8.78 Å². The molecule has 2 aromatic carbocycles. The van der Waals surface area contributed by atoms with Gasteiger partial charge in [-0.05, 0) is 56.0 Å². The van der Waals surface area contributed by atoms with Gasteiger partial charge in [-0.3, -0.25) is 0 Å². The van der Waals surface area contributed by atoms with Crippen LogP contribution in [0, 0.1) is 25.5 Å². The summed E-state index contributed by atoms with van der Waals surface area (Å²) in [6, 6.07) is 9.51. The van der Waals surface area contributed by atoms with Crippen molar-refractivity contribution < 1.29 is 8.78 Å². The minimum Gasteiger partial charge on any atom is -0.327 e. The van der Waals surface area contributed by atoms with Crippen molar-refractivity contribution >= 4 is 0 Å². The van der Waals surface area contributed by atoms with E-state index in [1.165, 1.54) is 17.2 Å². The van der Waals surface area contributed by atoms with E-state index >= 15 is 0 Å². The van der Waals surface area contributed by atoms with E-state index in [2.05, 4.69) is 18.2 Å². The van der Waals surface area contributed by atoms with Crippen molar-refractivity contribution in [1.82, 2.24) is 0 Å². The Morgan fingerprint density at radius 2 is 1.60 bits per heavy atom. The van der Waals surface area contributed by atoms with Crippen LogP contribution in [0.15, 0.2) is 36.4 Å². The summed E-state index contributed by atoms with van der Waals surface area (Å²) in [4.78, 5) is 0. The molecule has 0 spiro atoms. The van der Waals surface area contributed by atoms with E-state index in [-0.39, 0.29) is 6.04 Å². The molecule has 0 fully saturated rings. The van der Waals surface area contributed by atoms with Crippen LogP contribution in [0.5, 0.6) is 0 Å². The van der Waals surface area contributed by atoms with Gasteiger partial charge < -0.3 is 5.73 Å². The number of rotatable bonds is 4. The van der Waals surface area contributed by atoms with Gasteiger partial charge in [-0.15, -0.1) is 0 Å². The second-order valence-electron chi connectivity index (χ2n) is 5.40. The van der Waals surface area contributed by atoms with Gasteiger partial charge in [-0.25, -0.2) is 8.78 Å². The summed E-state index contributed by atoms with van der Waals surface area (Å²) in [6.07, 6.45) is 0.981. The zero-order valence-corrected chi connectivity index (χ0v) is 11.8. The highest BCUT2D eigenvalue weighted by atomic mass is 19.1. The molecule has 1 nitrogen and oxygen atoms in total. The fourth-order valence-electron chi connectivity index (χ4n) is 2.54. The number of benzene rings is 2. The molecule has 0 radical (unpaired) electrons. The first kappa shape index (κ1) is 14.7. The molecule has 20 heavy (non-hydrogen) atoms. The molecule has 0 saturated carbocycles. The lowest BCUT2D eigenvalue weighted by molar-refractivity contribution is 0.566. The van der Waals surface area contributed by atoms with E-state index in [1.807, 2.05) is 13.8 Å². The Bertz CT molecular complexity index is 588. The second-order valence-corrected chi connectivity index (χ2v) is 5.40. The number of hydrogen-bond acceptors (Lipinski definition) is 1. The second kappa shape index (κ2) is 6.14. The van der Waals surface area contributed by atoms with Crippen LogP contribution in [0.2, 0.25) is 0 Å². The summed E-state index contributed by atoms with van der Waals surface area (Å²) < 4.78 is 26.7. The van der Waals surface area contributed by atoms with Gasteiger partial charge in [0, 0.05) is 6.04 Å². The minimum atomic E-state index is -0.431. The molecule has 0 aliphatic heterocycles. The Morgan fingerprint density at radius 1 is 0.950 bits per heavy atom. The lowest BCUT2D eigenvalue weighted by Gasteiger charge is -2.13. The minimum absolute atomic E-state index is 0.229. The molecule has 0 amide bonds. The van der Waals surface area contributed by atoms with Crippen molar-refractivity contribution in [1.29, 1.82) is 0 Å². The topological polar surface area (TPSA) is 26.0 Å². The van der Waals surface area contributed by atoms with Crippen LogP contribution in [-0.4, -0.2) is 6.04 Å². The molecule has 0 saturated heterocycles. The first-order chi connectivity index (χ1) is 9.44. The average molecular weight is 275 g/mol. The Labute approximate surface area is 118 Å². The lowest BCUT2D eigenvalue weighted by atomic mass is 9.97. The molecular weight excluding hydrogens is 256 g/mol. The summed E-state index contributed by atoms with van der Waals surface area (Å²) in [6.45, 7) is 4.07. The van der Waals surface area contributed by atoms with Gasteiger partial charge >= 0.3 is 0 Å². The Kier molecular flexibility index (Phi) is 4.50. The zero-order valence-electron chi connectivity index (χ0n) is 11.8. The predicted octanol–water partition coefficient (Wildman–Crippen LogP) is 3.69. The largest absolute Gasteiger partial charge is 0.327 e. The summed E-state index contributed by atoms with van der Waals surface area (Å²) in [5.74, 6) is -0.831. The SMILES string of the molecule is Cc1cc(C)cc(CC(N)Cc2cc(F)ccc2F)c1. The van der Waals surface area contributed by atoms with Gasteiger partial charge in [0.1, 0.15) is 11.6 Å². The van der Waals surface area contributed by atoms with Crippen molar-refractivity contribution in [2.24, 2.45) is 5.73 Å². The van der Waals surface area contributed by atoms with Crippen LogP contribution in [0.1, 0.15) is 22.3 Å². The third kappa shape index (κ3) is 3.87. The standard InChI is InChI=1S/C17H19F2N/c1-11-5-12(2)7-13(6-11)8-16(20)10-14-9-15(18)3-4-17(14)19/h3-7,9,16H,8,10,20H2,1-2H3. The van der Waals surface area contributed by atoms with E-state index in [4.69, 9.17) is 5.73 Å². The molecule has 1 unspecified atom stereocenters. The highest BCUT2D eigenvalue weighted by Crippen LogP contribution is 2.15. The van der Waals surface area contributed by atoms with Gasteiger partial charge in [0.15, 0.2) is 0 Å². The van der Waals surface area contributed by atoms with Gasteiger partial charge in [0.2, 0.25) is 0 Å². The Morgan fingerprint density at radius 3 is 2.25 bits per heavy atom. The highest BCUT2D eigenvalue weighted by Gasteiger charge is 2.10. The smallest absolute Gasteiger partial charge is 0.126 e. The maximum Gasteiger partial charge on any atom is 0.126 e. The quantitative estimate of drug-likeness (QED) is 0.904. The number of halogens is 2. The van der Waals surface area contributed by atoms with E-state index in [1.54, 1.807) is 0 Å². The molecule has 1 atom stereocenters. The third-order valence-corrected chi connectivity index (χ3v) is 3.27. The molecule has 0 aliphatic rings. The van der Waals surface area contributed by atoms with Crippen LogP contribution >= 0.6 is 0 Å². The first-order valence-corrected chi connectivity index (χ1v) is 6.70. The van der Waals surface area contributed by atoms with Gasteiger partial charge in [-0.2, -0.15) is 0 Å². The summed E-state index contributed by atoms with van der Waals surface area (Å²) in [5.41, 5.74) is 9.90. The van der Waals surface area contributed by atoms with Gasteiger partial charge in [0.05, 0.1) is 0 Å². The fourth-order valence-corrected chi connectivity index (χ4v) is 2.54. The van der Waals surface area contributed by atoms with Crippen LogP contribution in [0.25, 0.3) is 0 Å². The van der Waals surface area contributed by atoms with E-state index in [0.29, 0.717) is 18.4 Å². The normalized spacial score (nSPS) is 12.4. The van der Waals surface area contributed by atoms with E-state index in [9.17, 15) is 8.78 Å². The summed E-state index contributed by atoms with van der Waals surface area (Å²) in [5, 5.41) is 0. The zero-order chi connectivity index (χ0) is 14.7. The molecular formula is C17H19F2N. The fraction of sp³-hybridized carbons (Fsp3) is 0.294. The molecule has 0 bridgehead atoms. The molecule has 3 heteroatoms. The maximum absolute atomic E-state index is 13.6. The van der Waals surface area contributed by atoms with Crippen molar-refractivity contribution in [2.45, 2.75) is 32.7 Å². The molecule has 2 N–H and O–H groups in total. The molecule has 0 heterocycles. The van der Waals surface area contributed by atoms with E-state index < -0.39 is 11.6 Å². The Balaban J connectivity index is 2.08. The van der Waals surface area contributed by atoms with Crippen molar-refractivity contribution in [3.63, 3.8) is 0 Å². The van der Waals surface area contributed by atoms with Crippen LogP contribution in [0.3, 0.4) is 0 Å². The highest BCUT2D eigenvalue weighted by molar-refractivity contribution is 5.29. The van der Waals surface area contributed by atoms with Gasteiger partial charge in [-0.1, -0.05) is 29.3 Å². The third-order valence-electron chi connectivity index (χ3n) is 3.27. The van der Waals surface area contributed by atoms with Gasteiger partial charge in [0.25, 0.3) is 0 Å². The summed E-state index contributed by atoms with van der Waals surface area (Å²) in [7, 11) is 0. The molecule has 106 valence electrons. The molecule has 0 aromatic heterocycles. The number of aryl methyl sites for hydroxylation is 2. The maximum atomic E-state index is 13.6. The molecule has 2 rings (SSSR count). The first-order valence-electron chi connectivity index (χ1n) is 6.70. The Hall–Kier alpha value is -1.74. The number of nitrogens with two attached hydrogens (primary N) is 1. The van der Waals surface area contributed by atoms with Crippen LogP contribution < -0.4 is 5.73 Å². The average Bonchev–Trinajstić information content (AvgIpc) is 2.32. The molecule has 2 aromatic rings. The molecule has 0 aliphatic carbocycles. The predicted molar refractivity (Wildman–Crippen MR) is 77.7 cm³/mol. The van der Waals surface area contributed by atoms with Crippen molar-refractivity contribution in [2.75, 3.05) is 0 Å². The van der Waals surface area contributed by atoms with Crippen LogP contribution in [-0.2, 0) is 12.8 Å². The van der Waals surface area contributed by atoms with E-state index in [0.717, 1.165) is 17.7 Å². The van der Waals surface area contributed by atoms with Crippen molar-refractivity contribution in [3.05, 3.63) is 70.3 Å².